The van der Waals surface area contributed by atoms with Gasteiger partial charge in [0, 0.05) is 42.2 Å². The Morgan fingerprint density at radius 3 is 2.59 bits per heavy atom. The summed E-state index contributed by atoms with van der Waals surface area (Å²) in [5.41, 5.74) is 0.333. The van der Waals surface area contributed by atoms with Gasteiger partial charge in [0.1, 0.15) is 11.7 Å². The number of carbonyl (C=O) groups is 2. The highest BCUT2D eigenvalue weighted by atomic mass is 19.4. The van der Waals surface area contributed by atoms with Crippen molar-refractivity contribution < 1.29 is 22.8 Å². The third-order valence-electron chi connectivity index (χ3n) is 5.00. The van der Waals surface area contributed by atoms with Crippen LogP contribution in [0.5, 0.6) is 0 Å². The maximum atomic E-state index is 13.5. The number of para-hydroxylation sites is 1. The van der Waals surface area contributed by atoms with E-state index in [1.807, 2.05) is 13.8 Å². The van der Waals surface area contributed by atoms with E-state index in [0.29, 0.717) is 16.6 Å². The lowest BCUT2D eigenvalue weighted by atomic mass is 10.1. The van der Waals surface area contributed by atoms with Crippen LogP contribution in [0, 0.1) is 5.92 Å². The van der Waals surface area contributed by atoms with Gasteiger partial charge in [-0.2, -0.15) is 13.2 Å². The number of aromatic amines is 2. The Balaban J connectivity index is 1.70. The largest absolute Gasteiger partial charge is 0.431 e. The summed E-state index contributed by atoms with van der Waals surface area (Å²) in [6.45, 7) is 3.77. The fourth-order valence-electron chi connectivity index (χ4n) is 3.59. The van der Waals surface area contributed by atoms with Gasteiger partial charge in [-0.15, -0.1) is 0 Å². The number of imidazole rings is 1. The molecule has 1 atom stereocenters. The fourth-order valence-corrected chi connectivity index (χ4v) is 3.59. The minimum Gasteiger partial charge on any atom is -0.354 e. The third-order valence-corrected chi connectivity index (χ3v) is 5.00. The molecule has 2 aromatic heterocycles. The number of halogens is 3. The van der Waals surface area contributed by atoms with Crippen LogP contribution in [0.15, 0.2) is 36.8 Å². The van der Waals surface area contributed by atoms with Crippen LogP contribution in [0.25, 0.3) is 10.9 Å². The lowest BCUT2D eigenvalue weighted by molar-refractivity contribution is -0.141. The van der Waals surface area contributed by atoms with E-state index in [4.69, 9.17) is 0 Å². The van der Waals surface area contributed by atoms with Crippen LogP contribution in [-0.4, -0.2) is 39.4 Å². The molecule has 3 aromatic rings. The van der Waals surface area contributed by atoms with Crippen LogP contribution in [0.1, 0.15) is 37.2 Å². The van der Waals surface area contributed by atoms with Gasteiger partial charge in [-0.25, -0.2) is 4.98 Å². The Labute approximate surface area is 183 Å². The number of hydrogen-bond acceptors (Lipinski definition) is 3. The van der Waals surface area contributed by atoms with Crippen molar-refractivity contribution in [3.63, 3.8) is 0 Å². The molecular weight excluding hydrogens is 423 g/mol. The number of rotatable bonds is 9. The molecule has 0 aliphatic heterocycles. The van der Waals surface area contributed by atoms with Gasteiger partial charge in [0.15, 0.2) is 0 Å². The van der Waals surface area contributed by atoms with Gasteiger partial charge >= 0.3 is 6.18 Å². The number of alkyl halides is 3. The normalized spacial score (nSPS) is 12.8. The highest BCUT2D eigenvalue weighted by Crippen LogP contribution is 2.35. The zero-order chi connectivity index (χ0) is 23.3. The van der Waals surface area contributed by atoms with Gasteiger partial charge < -0.3 is 20.6 Å². The molecule has 0 saturated carbocycles. The molecule has 0 bridgehead atoms. The van der Waals surface area contributed by atoms with Gasteiger partial charge in [0.05, 0.1) is 6.33 Å². The van der Waals surface area contributed by atoms with Crippen LogP contribution in [-0.2, 0) is 28.6 Å². The average Bonchev–Trinajstić information content (AvgIpc) is 3.34. The second kappa shape index (κ2) is 9.88. The van der Waals surface area contributed by atoms with Crippen molar-refractivity contribution in [2.75, 3.05) is 6.54 Å². The van der Waals surface area contributed by atoms with E-state index in [2.05, 4.69) is 25.6 Å². The molecule has 172 valence electrons. The third kappa shape index (κ3) is 5.89. The molecule has 2 amide bonds. The van der Waals surface area contributed by atoms with Crippen molar-refractivity contribution in [1.82, 2.24) is 25.6 Å². The van der Waals surface area contributed by atoms with Crippen molar-refractivity contribution in [2.24, 2.45) is 5.92 Å². The Hall–Kier alpha value is -3.30. The van der Waals surface area contributed by atoms with E-state index >= 15 is 0 Å². The number of fused-ring (bicyclic) bond motifs is 1. The van der Waals surface area contributed by atoms with Crippen molar-refractivity contribution in [1.29, 1.82) is 0 Å². The predicted molar refractivity (Wildman–Crippen MR) is 114 cm³/mol. The monoisotopic (exact) mass is 449 g/mol. The molecule has 0 saturated heterocycles. The number of benzene rings is 1. The minimum atomic E-state index is -4.54. The predicted octanol–water partition coefficient (Wildman–Crippen LogP) is 3.34. The lowest BCUT2D eigenvalue weighted by Gasteiger charge is -2.19. The van der Waals surface area contributed by atoms with Crippen LogP contribution < -0.4 is 10.6 Å². The lowest BCUT2D eigenvalue weighted by Crippen LogP contribution is -2.48. The zero-order valence-corrected chi connectivity index (χ0v) is 17.8. The number of carbonyl (C=O) groups excluding carboxylic acids is 2. The van der Waals surface area contributed by atoms with E-state index in [1.54, 1.807) is 30.5 Å². The highest BCUT2D eigenvalue weighted by molar-refractivity contribution is 5.88. The molecule has 0 radical (unpaired) electrons. The Morgan fingerprint density at radius 2 is 1.94 bits per heavy atom. The molecule has 2 heterocycles. The van der Waals surface area contributed by atoms with Crippen LogP contribution in [0.2, 0.25) is 0 Å². The van der Waals surface area contributed by atoms with Crippen LogP contribution in [0.4, 0.5) is 13.2 Å². The topological polar surface area (TPSA) is 103 Å². The number of aromatic nitrogens is 3. The van der Waals surface area contributed by atoms with E-state index in [-0.39, 0.29) is 43.2 Å². The Morgan fingerprint density at radius 1 is 1.19 bits per heavy atom. The molecule has 0 fully saturated rings. The molecule has 0 aliphatic carbocycles. The minimum absolute atomic E-state index is 0.0106. The molecule has 1 aromatic carbocycles. The van der Waals surface area contributed by atoms with Crippen molar-refractivity contribution in [3.05, 3.63) is 53.7 Å². The zero-order valence-electron chi connectivity index (χ0n) is 17.8. The van der Waals surface area contributed by atoms with Gasteiger partial charge in [-0.05, 0) is 24.0 Å². The Kier molecular flexibility index (Phi) is 7.22. The van der Waals surface area contributed by atoms with Crippen molar-refractivity contribution >= 4 is 22.7 Å². The van der Waals surface area contributed by atoms with E-state index in [1.165, 1.54) is 6.33 Å². The SMILES string of the molecule is CC(C)CC(=O)NC(Cc1cnc[nH]1)C(=O)NCCc1c(C(F)(F)F)[nH]c2ccccc12. The number of hydrogen-bond donors (Lipinski definition) is 4. The summed E-state index contributed by atoms with van der Waals surface area (Å²) in [6, 6.07) is 5.66. The quantitative estimate of drug-likeness (QED) is 0.403. The van der Waals surface area contributed by atoms with E-state index in [0.717, 1.165) is 0 Å². The molecule has 1 unspecified atom stereocenters. The number of nitrogens with zero attached hydrogens (tertiary/aromatic N) is 1. The number of H-pyrrole nitrogens is 2. The summed E-state index contributed by atoms with van der Waals surface area (Å²) in [5, 5.41) is 5.84. The van der Waals surface area contributed by atoms with Crippen molar-refractivity contribution in [3.8, 4) is 0 Å². The standard InChI is InChI=1S/C22H26F3N5O2/c1-13(2)9-19(31)29-18(10-14-11-26-12-28-14)21(32)27-8-7-16-15-5-3-4-6-17(15)30-20(16)22(23,24)25/h3-6,11-13,18,30H,7-10H2,1-2H3,(H,26,28)(H,27,32)(H,29,31). The molecule has 4 N–H and O–H groups in total. The van der Waals surface area contributed by atoms with Crippen molar-refractivity contribution in [2.45, 2.75) is 45.3 Å². The van der Waals surface area contributed by atoms with E-state index in [9.17, 15) is 22.8 Å². The summed E-state index contributed by atoms with van der Waals surface area (Å²) in [4.78, 5) is 34.2. The first-order valence-electron chi connectivity index (χ1n) is 10.4. The van der Waals surface area contributed by atoms with Gasteiger partial charge in [0.25, 0.3) is 0 Å². The molecule has 10 heteroatoms. The maximum Gasteiger partial charge on any atom is 0.431 e. The Bertz CT molecular complexity index is 1060. The first kappa shape index (κ1) is 23.4. The molecular formula is C22H26F3N5O2. The first-order valence-corrected chi connectivity index (χ1v) is 10.4. The first-order chi connectivity index (χ1) is 15.1. The maximum absolute atomic E-state index is 13.5. The summed E-state index contributed by atoms with van der Waals surface area (Å²) in [7, 11) is 0. The fraction of sp³-hybridized carbons (Fsp3) is 0.409. The molecule has 32 heavy (non-hydrogen) atoms. The second-order valence-electron chi connectivity index (χ2n) is 8.06. The highest BCUT2D eigenvalue weighted by Gasteiger charge is 2.36. The molecule has 3 rings (SSSR count). The smallest absolute Gasteiger partial charge is 0.354 e. The van der Waals surface area contributed by atoms with Gasteiger partial charge in [-0.3, -0.25) is 9.59 Å². The van der Waals surface area contributed by atoms with Gasteiger partial charge in [-0.1, -0.05) is 32.0 Å². The van der Waals surface area contributed by atoms with Crippen LogP contribution >= 0.6 is 0 Å². The number of amides is 2. The molecule has 0 spiro atoms. The summed E-state index contributed by atoms with van der Waals surface area (Å²) in [5.74, 6) is -0.616. The van der Waals surface area contributed by atoms with Gasteiger partial charge in [0.2, 0.25) is 11.8 Å². The second-order valence-corrected chi connectivity index (χ2v) is 8.06. The molecule has 7 nitrogen and oxygen atoms in total. The average molecular weight is 449 g/mol. The van der Waals surface area contributed by atoms with E-state index < -0.39 is 23.8 Å². The number of nitrogens with one attached hydrogen (secondary N) is 4. The molecule has 0 aliphatic rings. The summed E-state index contributed by atoms with van der Waals surface area (Å²) < 4.78 is 40.5. The van der Waals surface area contributed by atoms with Crippen LogP contribution in [0.3, 0.4) is 0 Å². The summed E-state index contributed by atoms with van der Waals surface area (Å²) in [6.07, 6.45) is -1.08. The summed E-state index contributed by atoms with van der Waals surface area (Å²) >= 11 is 0.